The number of aliphatic hydroxyl groups excluding tert-OH is 1. The van der Waals surface area contributed by atoms with Crippen LogP contribution in [0.25, 0.3) is 16.7 Å². The molecule has 1 aliphatic rings. The zero-order chi connectivity index (χ0) is 22.8. The van der Waals surface area contributed by atoms with Crippen molar-refractivity contribution < 1.29 is 14.6 Å². The predicted molar refractivity (Wildman–Crippen MR) is 119 cm³/mol. The number of carbonyl (C=O) groups excluding carboxylic acids is 1. The number of nitrogens with one attached hydrogen (secondary N) is 1. The maximum Gasteiger partial charge on any atom is 0.279 e. The van der Waals surface area contributed by atoms with E-state index in [1.54, 1.807) is 10.9 Å². The van der Waals surface area contributed by atoms with E-state index in [1.807, 2.05) is 36.5 Å². The molecule has 0 unspecified atom stereocenters. The summed E-state index contributed by atoms with van der Waals surface area (Å²) in [6.07, 6.45) is 7.63. The Morgan fingerprint density at radius 3 is 2.67 bits per heavy atom. The topological polar surface area (TPSA) is 124 Å². The van der Waals surface area contributed by atoms with Crippen molar-refractivity contribution in [3.63, 3.8) is 0 Å². The summed E-state index contributed by atoms with van der Waals surface area (Å²) in [5, 5.41) is 17.2. The molecule has 1 aromatic carbocycles. The Hall–Kier alpha value is -3.89. The van der Waals surface area contributed by atoms with E-state index in [2.05, 4.69) is 20.4 Å². The Morgan fingerprint density at radius 2 is 1.94 bits per heavy atom. The molecule has 0 aliphatic carbocycles. The standard InChI is InChI=1S/C23H22N6O4/c30-19-14-33-11-6-18(19)27-22(31)17-13-28(23(32)21-20(17)24-8-9-25-21)12-15-2-4-16(5-3-15)29-10-1-7-26-29/h1-5,7-10,13,18-19,30H,6,11-12,14H2,(H,27,31)/t18-,19-/m0/s1. The summed E-state index contributed by atoms with van der Waals surface area (Å²) in [5.74, 6) is -0.422. The maximum atomic E-state index is 13.1. The fourth-order valence-electron chi connectivity index (χ4n) is 3.90. The average Bonchev–Trinajstić information content (AvgIpc) is 3.38. The first-order valence-electron chi connectivity index (χ1n) is 10.6. The van der Waals surface area contributed by atoms with Crippen LogP contribution < -0.4 is 10.9 Å². The van der Waals surface area contributed by atoms with Gasteiger partial charge < -0.3 is 19.7 Å². The van der Waals surface area contributed by atoms with Crippen molar-refractivity contribution in [2.75, 3.05) is 13.2 Å². The molecule has 2 atom stereocenters. The van der Waals surface area contributed by atoms with Gasteiger partial charge in [-0.25, -0.2) is 9.67 Å². The molecular weight excluding hydrogens is 424 g/mol. The predicted octanol–water partition coefficient (Wildman–Crippen LogP) is 0.905. The van der Waals surface area contributed by atoms with Gasteiger partial charge in [-0.05, 0) is 30.2 Å². The fourth-order valence-corrected chi connectivity index (χ4v) is 3.90. The Kier molecular flexibility index (Phi) is 5.68. The van der Waals surface area contributed by atoms with Gasteiger partial charge in [0.1, 0.15) is 5.52 Å². The summed E-state index contributed by atoms with van der Waals surface area (Å²) in [6, 6.07) is 9.04. The molecule has 4 heterocycles. The number of benzene rings is 1. The van der Waals surface area contributed by atoms with Crippen LogP contribution in [0.5, 0.6) is 0 Å². The molecule has 0 saturated carbocycles. The molecule has 4 aromatic rings. The van der Waals surface area contributed by atoms with Gasteiger partial charge in [0.2, 0.25) is 0 Å². The van der Waals surface area contributed by atoms with Crippen LogP contribution in [0.2, 0.25) is 0 Å². The molecule has 3 aromatic heterocycles. The van der Waals surface area contributed by atoms with E-state index < -0.39 is 18.1 Å². The molecule has 0 bridgehead atoms. The van der Waals surface area contributed by atoms with Crippen LogP contribution in [0.4, 0.5) is 0 Å². The summed E-state index contributed by atoms with van der Waals surface area (Å²) < 4.78 is 8.43. The number of carbonyl (C=O) groups is 1. The monoisotopic (exact) mass is 446 g/mol. The molecule has 2 N–H and O–H groups in total. The third kappa shape index (κ3) is 4.26. The molecule has 33 heavy (non-hydrogen) atoms. The minimum Gasteiger partial charge on any atom is -0.389 e. The molecular formula is C23H22N6O4. The van der Waals surface area contributed by atoms with E-state index in [-0.39, 0.29) is 35.3 Å². The van der Waals surface area contributed by atoms with Gasteiger partial charge in [0.05, 0.1) is 36.5 Å². The number of pyridine rings is 1. The van der Waals surface area contributed by atoms with E-state index in [9.17, 15) is 14.7 Å². The highest BCUT2D eigenvalue weighted by atomic mass is 16.5. The molecule has 10 heteroatoms. The number of amides is 1. The summed E-state index contributed by atoms with van der Waals surface area (Å²) in [5.41, 5.74) is 2.01. The van der Waals surface area contributed by atoms with Crippen LogP contribution in [-0.2, 0) is 11.3 Å². The molecule has 1 fully saturated rings. The Morgan fingerprint density at radius 1 is 1.15 bits per heavy atom. The van der Waals surface area contributed by atoms with Crippen molar-refractivity contribution >= 4 is 16.9 Å². The van der Waals surface area contributed by atoms with Crippen molar-refractivity contribution in [3.05, 3.63) is 82.8 Å². The van der Waals surface area contributed by atoms with E-state index in [0.29, 0.717) is 13.0 Å². The van der Waals surface area contributed by atoms with Crippen LogP contribution in [0.3, 0.4) is 0 Å². The summed E-state index contributed by atoms with van der Waals surface area (Å²) in [7, 11) is 0. The number of hydrogen-bond acceptors (Lipinski definition) is 7. The molecule has 1 amide bonds. The van der Waals surface area contributed by atoms with Gasteiger partial charge in [0.15, 0.2) is 5.52 Å². The highest BCUT2D eigenvalue weighted by Crippen LogP contribution is 2.15. The molecule has 1 saturated heterocycles. The van der Waals surface area contributed by atoms with Crippen LogP contribution in [-0.4, -0.2) is 60.7 Å². The van der Waals surface area contributed by atoms with Gasteiger partial charge in [-0.3, -0.25) is 14.6 Å². The number of aromatic nitrogens is 5. The molecule has 0 spiro atoms. The van der Waals surface area contributed by atoms with Gasteiger partial charge in [0.25, 0.3) is 11.5 Å². The molecule has 0 radical (unpaired) electrons. The number of aliphatic hydroxyl groups is 1. The van der Waals surface area contributed by atoms with Crippen LogP contribution in [0.1, 0.15) is 22.3 Å². The van der Waals surface area contributed by atoms with Crippen molar-refractivity contribution in [1.29, 1.82) is 0 Å². The second kappa shape index (κ2) is 8.93. The van der Waals surface area contributed by atoms with Crippen molar-refractivity contribution in [3.8, 4) is 5.69 Å². The minimum absolute atomic E-state index is 0.117. The average molecular weight is 446 g/mol. The lowest BCUT2D eigenvalue weighted by Crippen LogP contribution is -2.49. The SMILES string of the molecule is O=C(N[C@H]1CCOC[C@@H]1O)c1cn(Cc2ccc(-n3cccn3)cc2)c(=O)c2nccnc12. The minimum atomic E-state index is -0.792. The van der Waals surface area contributed by atoms with Crippen LogP contribution in [0, 0.1) is 0 Å². The zero-order valence-corrected chi connectivity index (χ0v) is 17.7. The van der Waals surface area contributed by atoms with Crippen LogP contribution >= 0.6 is 0 Å². The first-order valence-corrected chi connectivity index (χ1v) is 10.6. The van der Waals surface area contributed by atoms with E-state index in [1.165, 1.54) is 23.2 Å². The van der Waals surface area contributed by atoms with Gasteiger partial charge in [-0.15, -0.1) is 0 Å². The molecule has 10 nitrogen and oxygen atoms in total. The third-order valence-corrected chi connectivity index (χ3v) is 5.65. The summed E-state index contributed by atoms with van der Waals surface area (Å²) >= 11 is 0. The van der Waals surface area contributed by atoms with Gasteiger partial charge in [-0.2, -0.15) is 5.10 Å². The van der Waals surface area contributed by atoms with Gasteiger partial charge >= 0.3 is 0 Å². The first-order chi connectivity index (χ1) is 16.1. The number of ether oxygens (including phenoxy) is 1. The lowest BCUT2D eigenvalue weighted by atomic mass is 10.1. The smallest absolute Gasteiger partial charge is 0.279 e. The normalized spacial score (nSPS) is 18.3. The lowest BCUT2D eigenvalue weighted by molar-refractivity contribution is -0.0260. The highest BCUT2D eigenvalue weighted by Gasteiger charge is 2.27. The van der Waals surface area contributed by atoms with E-state index in [4.69, 9.17) is 4.74 Å². The van der Waals surface area contributed by atoms with E-state index >= 15 is 0 Å². The lowest BCUT2D eigenvalue weighted by Gasteiger charge is -2.28. The maximum absolute atomic E-state index is 13.1. The van der Waals surface area contributed by atoms with E-state index in [0.717, 1.165) is 11.3 Å². The second-order valence-corrected chi connectivity index (χ2v) is 7.86. The van der Waals surface area contributed by atoms with Crippen LogP contribution in [0.15, 0.2) is 66.1 Å². The second-order valence-electron chi connectivity index (χ2n) is 7.86. The summed E-state index contributed by atoms with van der Waals surface area (Å²) in [4.78, 5) is 34.6. The van der Waals surface area contributed by atoms with Crippen molar-refractivity contribution in [1.82, 2.24) is 29.6 Å². The molecule has 168 valence electrons. The Labute approximate surface area is 188 Å². The largest absolute Gasteiger partial charge is 0.389 e. The molecule has 1 aliphatic heterocycles. The Bertz CT molecular complexity index is 1330. The fraction of sp³-hybridized carbons (Fsp3) is 0.261. The number of hydrogen-bond donors (Lipinski definition) is 2. The van der Waals surface area contributed by atoms with Crippen molar-refractivity contribution in [2.24, 2.45) is 0 Å². The van der Waals surface area contributed by atoms with Gasteiger partial charge in [0, 0.05) is 37.6 Å². The number of fused-ring (bicyclic) bond motifs is 1. The summed E-state index contributed by atoms with van der Waals surface area (Å²) in [6.45, 7) is 0.876. The van der Waals surface area contributed by atoms with Gasteiger partial charge in [-0.1, -0.05) is 12.1 Å². The number of rotatable bonds is 5. The number of nitrogens with zero attached hydrogens (tertiary/aromatic N) is 5. The molecule has 5 rings (SSSR count). The quantitative estimate of drug-likeness (QED) is 0.467. The first kappa shape index (κ1) is 21.0. The van der Waals surface area contributed by atoms with Crippen molar-refractivity contribution in [2.45, 2.75) is 25.1 Å². The Balaban J connectivity index is 1.47. The zero-order valence-electron chi connectivity index (χ0n) is 17.7. The third-order valence-electron chi connectivity index (χ3n) is 5.65. The highest BCUT2D eigenvalue weighted by molar-refractivity contribution is 6.04.